The van der Waals surface area contributed by atoms with Gasteiger partial charge in [-0.1, -0.05) is 34.1 Å². The van der Waals surface area contributed by atoms with E-state index in [0.717, 1.165) is 10.9 Å². The third-order valence-corrected chi connectivity index (χ3v) is 4.15. The molecule has 0 bridgehead atoms. The zero-order valence-electron chi connectivity index (χ0n) is 10.7. The molecule has 0 amide bonds. The lowest BCUT2D eigenvalue weighted by molar-refractivity contribution is 0.451. The second-order valence-electron chi connectivity index (χ2n) is 5.14. The van der Waals surface area contributed by atoms with Crippen LogP contribution < -0.4 is 5.32 Å². The van der Waals surface area contributed by atoms with Crippen molar-refractivity contribution in [2.75, 3.05) is 0 Å². The Bertz CT molecular complexity index is 594. The summed E-state index contributed by atoms with van der Waals surface area (Å²) in [6.07, 6.45) is 0.955. The van der Waals surface area contributed by atoms with E-state index in [4.69, 9.17) is 0 Å². The maximum atomic E-state index is 9.64. The minimum absolute atomic E-state index is 0.201. The summed E-state index contributed by atoms with van der Waals surface area (Å²) in [6.45, 7) is 2.18. The second kappa shape index (κ2) is 4.99. The molecule has 0 saturated heterocycles. The third kappa shape index (κ3) is 2.53. The summed E-state index contributed by atoms with van der Waals surface area (Å²) in [4.78, 5) is 0. The highest BCUT2D eigenvalue weighted by Gasteiger charge is 2.25. The monoisotopic (exact) mass is 317 g/mol. The van der Waals surface area contributed by atoms with Gasteiger partial charge in [-0.15, -0.1) is 0 Å². The molecule has 2 aromatic rings. The highest BCUT2D eigenvalue weighted by atomic mass is 79.9. The normalized spacial score (nSPS) is 22.0. The highest BCUT2D eigenvalue weighted by Crippen LogP contribution is 2.32. The molecule has 1 aliphatic rings. The first-order valence-electron chi connectivity index (χ1n) is 6.47. The van der Waals surface area contributed by atoms with Crippen LogP contribution in [0.3, 0.4) is 0 Å². The van der Waals surface area contributed by atoms with Gasteiger partial charge in [0.25, 0.3) is 0 Å². The summed E-state index contributed by atoms with van der Waals surface area (Å²) >= 11 is 3.47. The van der Waals surface area contributed by atoms with Crippen molar-refractivity contribution < 1.29 is 5.11 Å². The number of rotatable bonds is 1. The summed E-state index contributed by atoms with van der Waals surface area (Å²) in [5.74, 6) is 0.349. The summed E-state index contributed by atoms with van der Waals surface area (Å²) in [6, 6.07) is 14.7. The van der Waals surface area contributed by atoms with Gasteiger partial charge in [0.15, 0.2) is 0 Å². The molecule has 19 heavy (non-hydrogen) atoms. The standard InChI is InChI=1S/C16H16BrNO/c1-10-8-12-9-14(19)6-7-15(12)16(18-10)11-2-4-13(17)5-3-11/h2-7,9-10,16,18-19H,8H2,1H3/t10-,16?/m1/s1. The lowest BCUT2D eigenvalue weighted by atomic mass is 9.87. The van der Waals surface area contributed by atoms with Crippen LogP contribution in [0, 0.1) is 0 Å². The van der Waals surface area contributed by atoms with E-state index in [-0.39, 0.29) is 6.04 Å². The van der Waals surface area contributed by atoms with E-state index in [1.165, 1.54) is 16.7 Å². The summed E-state index contributed by atoms with van der Waals surface area (Å²) in [7, 11) is 0. The van der Waals surface area contributed by atoms with Crippen molar-refractivity contribution in [3.63, 3.8) is 0 Å². The average Bonchev–Trinajstić information content (AvgIpc) is 2.38. The lowest BCUT2D eigenvalue weighted by Crippen LogP contribution is -2.37. The van der Waals surface area contributed by atoms with Crippen molar-refractivity contribution >= 4 is 15.9 Å². The summed E-state index contributed by atoms with van der Waals surface area (Å²) < 4.78 is 1.09. The Morgan fingerprint density at radius 3 is 2.63 bits per heavy atom. The van der Waals surface area contributed by atoms with Crippen LogP contribution in [0.25, 0.3) is 0 Å². The average molecular weight is 318 g/mol. The molecular formula is C16H16BrNO. The number of hydrogen-bond donors (Lipinski definition) is 2. The van der Waals surface area contributed by atoms with Crippen LogP contribution in [0.5, 0.6) is 5.75 Å². The molecule has 2 nitrogen and oxygen atoms in total. The quantitative estimate of drug-likeness (QED) is 0.839. The number of phenols is 1. The van der Waals surface area contributed by atoms with Gasteiger partial charge in [0, 0.05) is 10.5 Å². The predicted octanol–water partition coefficient (Wildman–Crippen LogP) is 3.78. The fraction of sp³-hybridized carbons (Fsp3) is 0.250. The molecule has 2 aromatic carbocycles. The van der Waals surface area contributed by atoms with Gasteiger partial charge in [0.05, 0.1) is 6.04 Å². The van der Waals surface area contributed by atoms with Gasteiger partial charge in [0.1, 0.15) is 5.75 Å². The smallest absolute Gasteiger partial charge is 0.115 e. The molecular weight excluding hydrogens is 302 g/mol. The molecule has 0 saturated carbocycles. The molecule has 0 aliphatic carbocycles. The van der Waals surface area contributed by atoms with Crippen LogP contribution in [0.15, 0.2) is 46.9 Å². The van der Waals surface area contributed by atoms with Crippen molar-refractivity contribution in [3.8, 4) is 5.75 Å². The van der Waals surface area contributed by atoms with Crippen LogP contribution in [-0.4, -0.2) is 11.1 Å². The molecule has 3 rings (SSSR count). The van der Waals surface area contributed by atoms with E-state index in [1.54, 1.807) is 6.07 Å². The van der Waals surface area contributed by atoms with Crippen molar-refractivity contribution in [2.24, 2.45) is 0 Å². The molecule has 0 spiro atoms. The van der Waals surface area contributed by atoms with Gasteiger partial charge in [-0.05, 0) is 54.3 Å². The van der Waals surface area contributed by atoms with Crippen molar-refractivity contribution in [2.45, 2.75) is 25.4 Å². The number of hydrogen-bond acceptors (Lipinski definition) is 2. The molecule has 1 unspecified atom stereocenters. The van der Waals surface area contributed by atoms with E-state index in [1.807, 2.05) is 12.1 Å². The van der Waals surface area contributed by atoms with E-state index >= 15 is 0 Å². The number of halogens is 1. The summed E-state index contributed by atoms with van der Waals surface area (Å²) in [5, 5.41) is 13.3. The minimum atomic E-state index is 0.201. The van der Waals surface area contributed by atoms with Crippen LogP contribution in [0.2, 0.25) is 0 Å². The maximum absolute atomic E-state index is 9.64. The van der Waals surface area contributed by atoms with Gasteiger partial charge >= 0.3 is 0 Å². The molecule has 0 radical (unpaired) electrons. The molecule has 0 fully saturated rings. The Morgan fingerprint density at radius 1 is 1.16 bits per heavy atom. The zero-order chi connectivity index (χ0) is 13.4. The number of fused-ring (bicyclic) bond motifs is 1. The van der Waals surface area contributed by atoms with E-state index in [9.17, 15) is 5.11 Å². The topological polar surface area (TPSA) is 32.3 Å². The molecule has 1 aliphatic heterocycles. The maximum Gasteiger partial charge on any atom is 0.115 e. The van der Waals surface area contributed by atoms with Gasteiger partial charge < -0.3 is 10.4 Å². The first-order valence-corrected chi connectivity index (χ1v) is 7.26. The Balaban J connectivity index is 2.05. The first kappa shape index (κ1) is 12.7. The molecule has 98 valence electrons. The predicted molar refractivity (Wildman–Crippen MR) is 80.4 cm³/mol. The Kier molecular flexibility index (Phi) is 3.33. The fourth-order valence-electron chi connectivity index (χ4n) is 2.74. The molecule has 0 aromatic heterocycles. The van der Waals surface area contributed by atoms with E-state index < -0.39 is 0 Å². The molecule has 3 heteroatoms. The van der Waals surface area contributed by atoms with Crippen molar-refractivity contribution in [3.05, 3.63) is 63.6 Å². The third-order valence-electron chi connectivity index (χ3n) is 3.62. The fourth-order valence-corrected chi connectivity index (χ4v) is 3.01. The van der Waals surface area contributed by atoms with Crippen molar-refractivity contribution in [1.29, 1.82) is 0 Å². The Labute approximate surface area is 121 Å². The largest absolute Gasteiger partial charge is 0.508 e. The molecule has 1 heterocycles. The van der Waals surface area contributed by atoms with Gasteiger partial charge in [0.2, 0.25) is 0 Å². The van der Waals surface area contributed by atoms with Crippen LogP contribution in [0.1, 0.15) is 29.7 Å². The summed E-state index contributed by atoms with van der Waals surface area (Å²) in [5.41, 5.74) is 3.75. The Morgan fingerprint density at radius 2 is 1.89 bits per heavy atom. The van der Waals surface area contributed by atoms with Gasteiger partial charge in [-0.25, -0.2) is 0 Å². The number of aromatic hydroxyl groups is 1. The van der Waals surface area contributed by atoms with E-state index in [0.29, 0.717) is 11.8 Å². The van der Waals surface area contributed by atoms with Gasteiger partial charge in [-0.2, -0.15) is 0 Å². The number of phenolic OH excluding ortho intramolecular Hbond substituents is 1. The number of benzene rings is 2. The zero-order valence-corrected chi connectivity index (χ0v) is 12.3. The van der Waals surface area contributed by atoms with Crippen LogP contribution >= 0.6 is 15.9 Å². The number of nitrogens with one attached hydrogen (secondary N) is 1. The van der Waals surface area contributed by atoms with Crippen LogP contribution in [0.4, 0.5) is 0 Å². The highest BCUT2D eigenvalue weighted by molar-refractivity contribution is 9.10. The minimum Gasteiger partial charge on any atom is -0.508 e. The van der Waals surface area contributed by atoms with E-state index in [2.05, 4.69) is 52.4 Å². The first-order chi connectivity index (χ1) is 9.13. The SMILES string of the molecule is C[C@@H]1Cc2cc(O)ccc2C(c2ccc(Br)cc2)N1. The Hall–Kier alpha value is -1.32. The van der Waals surface area contributed by atoms with Gasteiger partial charge in [-0.3, -0.25) is 0 Å². The van der Waals surface area contributed by atoms with Crippen molar-refractivity contribution in [1.82, 2.24) is 5.32 Å². The second-order valence-corrected chi connectivity index (χ2v) is 6.06. The van der Waals surface area contributed by atoms with Crippen LogP contribution in [-0.2, 0) is 6.42 Å². The molecule has 2 atom stereocenters. The molecule has 2 N–H and O–H groups in total. The lowest BCUT2D eigenvalue weighted by Gasteiger charge is -2.32.